The molecule has 2 nitrogen and oxygen atoms in total. The lowest BCUT2D eigenvalue weighted by molar-refractivity contribution is 0.116. The topological polar surface area (TPSA) is 23.5 Å². The monoisotopic (exact) mass is 201 g/mol. The van der Waals surface area contributed by atoms with Gasteiger partial charge in [0.05, 0.1) is 6.61 Å². The highest BCUT2D eigenvalue weighted by atomic mass is 16.3. The Kier molecular flexibility index (Phi) is 9.42. The van der Waals surface area contributed by atoms with Crippen LogP contribution in [0.3, 0.4) is 0 Å². The Bertz CT molecular complexity index is 105. The first-order valence-corrected chi connectivity index (χ1v) is 6.14. The maximum absolute atomic E-state index is 9.25. The van der Waals surface area contributed by atoms with E-state index in [1.807, 2.05) is 0 Å². The molecule has 0 fully saturated rings. The Balaban J connectivity index is 3.92. The van der Waals surface area contributed by atoms with Crippen molar-refractivity contribution < 1.29 is 5.11 Å². The van der Waals surface area contributed by atoms with Gasteiger partial charge in [-0.05, 0) is 32.4 Å². The zero-order chi connectivity index (χ0) is 10.8. The lowest BCUT2D eigenvalue weighted by Gasteiger charge is -2.29. The molecule has 0 aromatic rings. The minimum atomic E-state index is 0.309. The van der Waals surface area contributed by atoms with Gasteiger partial charge in [-0.3, -0.25) is 4.90 Å². The molecule has 1 atom stereocenters. The van der Waals surface area contributed by atoms with Crippen LogP contribution in [0.5, 0.6) is 0 Å². The van der Waals surface area contributed by atoms with E-state index in [1.54, 1.807) is 0 Å². The lowest BCUT2D eigenvalue weighted by atomic mass is 10.1. The van der Waals surface area contributed by atoms with Gasteiger partial charge in [-0.25, -0.2) is 0 Å². The summed E-state index contributed by atoms with van der Waals surface area (Å²) in [6.45, 7) is 9.20. The van der Waals surface area contributed by atoms with Crippen molar-refractivity contribution in [1.29, 1.82) is 0 Å². The Morgan fingerprint density at radius 1 is 1.00 bits per heavy atom. The summed E-state index contributed by atoms with van der Waals surface area (Å²) in [4.78, 5) is 2.45. The van der Waals surface area contributed by atoms with Gasteiger partial charge in [0.2, 0.25) is 0 Å². The van der Waals surface area contributed by atoms with E-state index in [0.29, 0.717) is 12.6 Å². The highest BCUT2D eigenvalue weighted by molar-refractivity contribution is 4.69. The standard InChI is InChI=1S/C12H27NO/c1-4-7-9-13(10-8-5-2)12(6-3)11-14/h12,14H,4-11H2,1-3H3/t12-/m1/s1. The molecule has 14 heavy (non-hydrogen) atoms. The van der Waals surface area contributed by atoms with Gasteiger partial charge in [-0.1, -0.05) is 33.6 Å². The molecule has 1 N–H and O–H groups in total. The van der Waals surface area contributed by atoms with Gasteiger partial charge < -0.3 is 5.11 Å². The molecule has 0 aromatic heterocycles. The molecular formula is C12H27NO. The fourth-order valence-corrected chi connectivity index (χ4v) is 1.70. The van der Waals surface area contributed by atoms with Crippen LogP contribution in [-0.4, -0.2) is 35.7 Å². The molecule has 0 radical (unpaired) electrons. The Hall–Kier alpha value is -0.0800. The fraction of sp³-hybridized carbons (Fsp3) is 1.00. The van der Waals surface area contributed by atoms with Crippen LogP contribution in [0, 0.1) is 0 Å². The molecule has 0 aliphatic carbocycles. The van der Waals surface area contributed by atoms with Crippen LogP contribution in [0.25, 0.3) is 0 Å². The summed E-state index contributed by atoms with van der Waals surface area (Å²) in [6, 6.07) is 0.382. The van der Waals surface area contributed by atoms with E-state index in [-0.39, 0.29) is 0 Å². The van der Waals surface area contributed by atoms with Crippen LogP contribution in [0.15, 0.2) is 0 Å². The quantitative estimate of drug-likeness (QED) is 0.620. The number of aliphatic hydroxyl groups is 1. The van der Waals surface area contributed by atoms with Crippen molar-refractivity contribution in [3.63, 3.8) is 0 Å². The van der Waals surface area contributed by atoms with E-state index < -0.39 is 0 Å². The summed E-state index contributed by atoms with van der Waals surface area (Å²) >= 11 is 0. The average molecular weight is 201 g/mol. The predicted molar refractivity (Wildman–Crippen MR) is 62.6 cm³/mol. The number of aliphatic hydroxyl groups excluding tert-OH is 1. The second kappa shape index (κ2) is 9.47. The lowest BCUT2D eigenvalue weighted by Crippen LogP contribution is -2.38. The van der Waals surface area contributed by atoms with Crippen molar-refractivity contribution in [2.24, 2.45) is 0 Å². The van der Waals surface area contributed by atoms with E-state index in [2.05, 4.69) is 25.7 Å². The highest BCUT2D eigenvalue weighted by Gasteiger charge is 2.14. The van der Waals surface area contributed by atoms with Gasteiger partial charge in [0.15, 0.2) is 0 Å². The van der Waals surface area contributed by atoms with Crippen molar-refractivity contribution in [2.45, 2.75) is 58.9 Å². The molecule has 2 heteroatoms. The van der Waals surface area contributed by atoms with Crippen LogP contribution >= 0.6 is 0 Å². The molecule has 0 aromatic carbocycles. The van der Waals surface area contributed by atoms with Crippen molar-refractivity contribution in [2.75, 3.05) is 19.7 Å². The van der Waals surface area contributed by atoms with Crippen molar-refractivity contribution in [3.05, 3.63) is 0 Å². The molecule has 0 spiro atoms. The zero-order valence-corrected chi connectivity index (χ0v) is 10.1. The van der Waals surface area contributed by atoms with Crippen LogP contribution in [-0.2, 0) is 0 Å². The maximum atomic E-state index is 9.25. The zero-order valence-electron chi connectivity index (χ0n) is 10.1. The van der Waals surface area contributed by atoms with Crippen molar-refractivity contribution >= 4 is 0 Å². The third kappa shape index (κ3) is 5.61. The summed E-state index contributed by atoms with van der Waals surface area (Å²) in [5.41, 5.74) is 0. The molecule has 0 saturated carbocycles. The van der Waals surface area contributed by atoms with E-state index in [1.165, 1.54) is 25.7 Å². The van der Waals surface area contributed by atoms with E-state index in [9.17, 15) is 5.11 Å². The Labute approximate surface area is 89.3 Å². The first-order chi connectivity index (χ1) is 6.79. The normalized spacial score (nSPS) is 13.5. The van der Waals surface area contributed by atoms with E-state index in [4.69, 9.17) is 0 Å². The summed E-state index contributed by atoms with van der Waals surface area (Å²) in [5, 5.41) is 9.25. The van der Waals surface area contributed by atoms with Gasteiger partial charge in [0.25, 0.3) is 0 Å². The van der Waals surface area contributed by atoms with Crippen LogP contribution in [0.4, 0.5) is 0 Å². The van der Waals surface area contributed by atoms with Crippen molar-refractivity contribution in [1.82, 2.24) is 4.90 Å². The minimum absolute atomic E-state index is 0.309. The number of nitrogens with zero attached hydrogens (tertiary/aromatic N) is 1. The number of unbranched alkanes of at least 4 members (excludes halogenated alkanes) is 2. The summed E-state index contributed by atoms with van der Waals surface area (Å²) in [6.07, 6.45) is 6.04. The van der Waals surface area contributed by atoms with Gasteiger partial charge in [-0.15, -0.1) is 0 Å². The summed E-state index contributed by atoms with van der Waals surface area (Å²) in [7, 11) is 0. The second-order valence-corrected chi connectivity index (χ2v) is 3.99. The number of hydrogen-bond acceptors (Lipinski definition) is 2. The van der Waals surface area contributed by atoms with Crippen LogP contribution < -0.4 is 0 Å². The Morgan fingerprint density at radius 3 is 1.79 bits per heavy atom. The molecule has 0 rings (SSSR count). The minimum Gasteiger partial charge on any atom is -0.395 e. The largest absolute Gasteiger partial charge is 0.395 e. The third-order valence-corrected chi connectivity index (χ3v) is 2.80. The molecule has 0 aliphatic rings. The fourth-order valence-electron chi connectivity index (χ4n) is 1.70. The molecule has 0 saturated heterocycles. The highest BCUT2D eigenvalue weighted by Crippen LogP contribution is 2.07. The van der Waals surface area contributed by atoms with Crippen LogP contribution in [0.2, 0.25) is 0 Å². The van der Waals surface area contributed by atoms with Gasteiger partial charge >= 0.3 is 0 Å². The van der Waals surface area contributed by atoms with Crippen LogP contribution in [0.1, 0.15) is 52.9 Å². The second-order valence-electron chi connectivity index (χ2n) is 3.99. The molecule has 0 amide bonds. The molecule has 86 valence electrons. The van der Waals surface area contributed by atoms with Gasteiger partial charge in [0.1, 0.15) is 0 Å². The summed E-state index contributed by atoms with van der Waals surface area (Å²) < 4.78 is 0. The molecule has 0 unspecified atom stereocenters. The van der Waals surface area contributed by atoms with Gasteiger partial charge in [-0.2, -0.15) is 0 Å². The maximum Gasteiger partial charge on any atom is 0.0586 e. The smallest absolute Gasteiger partial charge is 0.0586 e. The average Bonchev–Trinajstić information content (AvgIpc) is 2.22. The molecule has 0 heterocycles. The molecule has 0 aliphatic heterocycles. The van der Waals surface area contributed by atoms with Gasteiger partial charge in [0, 0.05) is 6.04 Å². The van der Waals surface area contributed by atoms with Crippen molar-refractivity contribution in [3.8, 4) is 0 Å². The molecular weight excluding hydrogens is 174 g/mol. The number of hydrogen-bond donors (Lipinski definition) is 1. The first kappa shape index (κ1) is 13.9. The van der Waals surface area contributed by atoms with E-state index in [0.717, 1.165) is 19.5 Å². The molecule has 0 bridgehead atoms. The Morgan fingerprint density at radius 2 is 1.50 bits per heavy atom. The van der Waals surface area contributed by atoms with E-state index >= 15 is 0 Å². The SMILES string of the molecule is CCCCN(CCCC)[C@H](CC)CO. The first-order valence-electron chi connectivity index (χ1n) is 6.14. The number of rotatable bonds is 9. The predicted octanol–water partition coefficient (Wildman–Crippen LogP) is 2.66. The third-order valence-electron chi connectivity index (χ3n) is 2.80. The summed E-state index contributed by atoms with van der Waals surface area (Å²) in [5.74, 6) is 0.